The summed E-state index contributed by atoms with van der Waals surface area (Å²) in [5.41, 5.74) is 7.10. The van der Waals surface area contributed by atoms with Crippen LogP contribution in [0.4, 0.5) is 11.4 Å². The molecule has 3 N–H and O–H groups in total. The highest BCUT2D eigenvalue weighted by atomic mass is 16.6. The molecule has 120 valence electrons. The number of anilines is 2. The van der Waals surface area contributed by atoms with Crippen molar-refractivity contribution in [3.8, 4) is 0 Å². The van der Waals surface area contributed by atoms with Gasteiger partial charge in [-0.2, -0.15) is 0 Å². The molecule has 0 unspecified atom stereocenters. The Morgan fingerprint density at radius 2 is 1.90 bits per heavy atom. The van der Waals surface area contributed by atoms with Crippen LogP contribution in [-0.2, 0) is 9.47 Å². The maximum absolute atomic E-state index is 11.9. The van der Waals surface area contributed by atoms with Crippen LogP contribution in [0.15, 0.2) is 18.2 Å². The van der Waals surface area contributed by atoms with Gasteiger partial charge in [-0.25, -0.2) is 4.79 Å². The third-order valence-corrected chi connectivity index (χ3v) is 2.31. The SMILES string of the molecule is CC.COCCNc1cc(C(=O)OC(C)(C)C)ccc1N. The molecule has 21 heavy (non-hydrogen) atoms. The molecule has 0 aliphatic heterocycles. The van der Waals surface area contributed by atoms with Crippen LogP contribution in [-0.4, -0.2) is 31.8 Å². The van der Waals surface area contributed by atoms with Crippen molar-refractivity contribution < 1.29 is 14.3 Å². The van der Waals surface area contributed by atoms with Crippen molar-refractivity contribution >= 4 is 17.3 Å². The Bertz CT molecular complexity index is 440. The summed E-state index contributed by atoms with van der Waals surface area (Å²) in [4.78, 5) is 11.9. The third-order valence-electron chi connectivity index (χ3n) is 2.31. The van der Waals surface area contributed by atoms with E-state index in [-0.39, 0.29) is 5.97 Å². The maximum Gasteiger partial charge on any atom is 0.338 e. The predicted octanol–water partition coefficient (Wildman–Crippen LogP) is 3.31. The Hall–Kier alpha value is -1.75. The molecule has 0 saturated heterocycles. The van der Waals surface area contributed by atoms with Gasteiger partial charge in [-0.15, -0.1) is 0 Å². The quantitative estimate of drug-likeness (QED) is 0.495. The Balaban J connectivity index is 0.00000191. The monoisotopic (exact) mass is 296 g/mol. The van der Waals surface area contributed by atoms with Crippen molar-refractivity contribution in [3.63, 3.8) is 0 Å². The zero-order valence-corrected chi connectivity index (χ0v) is 13.9. The fourth-order valence-corrected chi connectivity index (χ4v) is 1.46. The fraction of sp³-hybridized carbons (Fsp3) is 0.562. The fourth-order valence-electron chi connectivity index (χ4n) is 1.46. The van der Waals surface area contributed by atoms with Gasteiger partial charge in [0, 0.05) is 13.7 Å². The maximum atomic E-state index is 11.9. The summed E-state index contributed by atoms with van der Waals surface area (Å²) in [6, 6.07) is 5.04. The van der Waals surface area contributed by atoms with Crippen molar-refractivity contribution in [1.82, 2.24) is 0 Å². The Labute approximate surface area is 127 Å². The number of ether oxygens (including phenoxy) is 2. The molecule has 0 aliphatic rings. The summed E-state index contributed by atoms with van der Waals surface area (Å²) in [5.74, 6) is -0.359. The van der Waals surface area contributed by atoms with Gasteiger partial charge in [0.15, 0.2) is 0 Å². The minimum Gasteiger partial charge on any atom is -0.456 e. The number of esters is 1. The minimum atomic E-state index is -0.512. The molecular formula is C16H28N2O3. The molecule has 0 radical (unpaired) electrons. The number of benzene rings is 1. The smallest absolute Gasteiger partial charge is 0.338 e. The third kappa shape index (κ3) is 7.56. The van der Waals surface area contributed by atoms with Crippen LogP contribution >= 0.6 is 0 Å². The number of rotatable bonds is 5. The largest absolute Gasteiger partial charge is 0.456 e. The summed E-state index contributed by atoms with van der Waals surface area (Å²) in [6.45, 7) is 10.7. The van der Waals surface area contributed by atoms with E-state index >= 15 is 0 Å². The van der Waals surface area contributed by atoms with Crippen molar-refractivity contribution in [2.45, 2.75) is 40.2 Å². The van der Waals surface area contributed by atoms with E-state index in [1.54, 1.807) is 25.3 Å². The van der Waals surface area contributed by atoms with Gasteiger partial charge in [-0.05, 0) is 39.0 Å². The molecule has 5 nitrogen and oxygen atoms in total. The lowest BCUT2D eigenvalue weighted by molar-refractivity contribution is 0.00696. The number of nitrogen functional groups attached to an aromatic ring is 1. The van der Waals surface area contributed by atoms with Crippen LogP contribution in [0.2, 0.25) is 0 Å². The van der Waals surface area contributed by atoms with E-state index in [0.29, 0.717) is 30.1 Å². The Morgan fingerprint density at radius 3 is 2.43 bits per heavy atom. The highest BCUT2D eigenvalue weighted by molar-refractivity contribution is 5.92. The average Bonchev–Trinajstić information content (AvgIpc) is 2.41. The van der Waals surface area contributed by atoms with Gasteiger partial charge in [0.05, 0.1) is 23.5 Å². The highest BCUT2D eigenvalue weighted by Gasteiger charge is 2.18. The number of carbonyl (C=O) groups excluding carboxylic acids is 1. The number of nitrogens with two attached hydrogens (primary N) is 1. The number of methoxy groups -OCH3 is 1. The van der Waals surface area contributed by atoms with Crippen molar-refractivity contribution in [1.29, 1.82) is 0 Å². The molecule has 0 fully saturated rings. The molecule has 0 aliphatic carbocycles. The van der Waals surface area contributed by atoms with Gasteiger partial charge < -0.3 is 20.5 Å². The number of nitrogens with one attached hydrogen (secondary N) is 1. The lowest BCUT2D eigenvalue weighted by Gasteiger charge is -2.20. The zero-order valence-electron chi connectivity index (χ0n) is 13.9. The standard InChI is InChI=1S/C14H22N2O3.C2H6/c1-14(2,3)19-13(17)10-5-6-11(15)12(9-10)16-7-8-18-4;1-2/h5-6,9,16H,7-8,15H2,1-4H3;1-2H3. The van der Waals surface area contributed by atoms with Crippen molar-refractivity contribution in [2.24, 2.45) is 0 Å². The lowest BCUT2D eigenvalue weighted by atomic mass is 10.1. The van der Waals surface area contributed by atoms with Gasteiger partial charge >= 0.3 is 5.97 Å². The van der Waals surface area contributed by atoms with Gasteiger partial charge in [0.25, 0.3) is 0 Å². The van der Waals surface area contributed by atoms with E-state index in [1.807, 2.05) is 34.6 Å². The normalized spacial score (nSPS) is 10.4. The molecule has 0 saturated carbocycles. The summed E-state index contributed by atoms with van der Waals surface area (Å²) in [5, 5.41) is 3.11. The molecule has 0 aromatic heterocycles. The van der Waals surface area contributed by atoms with Gasteiger partial charge in [-0.1, -0.05) is 13.8 Å². The topological polar surface area (TPSA) is 73.6 Å². The lowest BCUT2D eigenvalue weighted by Crippen LogP contribution is -2.24. The zero-order chi connectivity index (χ0) is 16.5. The molecule has 1 aromatic rings. The van der Waals surface area contributed by atoms with E-state index in [1.165, 1.54) is 0 Å². The first-order valence-electron chi connectivity index (χ1n) is 7.19. The highest BCUT2D eigenvalue weighted by Crippen LogP contribution is 2.21. The van der Waals surface area contributed by atoms with Crippen LogP contribution in [0.25, 0.3) is 0 Å². The second-order valence-electron chi connectivity index (χ2n) is 5.22. The van der Waals surface area contributed by atoms with E-state index in [4.69, 9.17) is 15.2 Å². The second-order valence-corrected chi connectivity index (χ2v) is 5.22. The van der Waals surface area contributed by atoms with Crippen molar-refractivity contribution in [2.75, 3.05) is 31.3 Å². The van der Waals surface area contributed by atoms with E-state index in [9.17, 15) is 4.79 Å². The molecule has 0 atom stereocenters. The first-order valence-corrected chi connectivity index (χ1v) is 7.19. The number of hydrogen-bond acceptors (Lipinski definition) is 5. The van der Waals surface area contributed by atoms with E-state index in [2.05, 4.69) is 5.32 Å². The molecule has 1 aromatic carbocycles. The summed E-state index contributed by atoms with van der Waals surface area (Å²) in [6.07, 6.45) is 0. The van der Waals surface area contributed by atoms with Gasteiger partial charge in [-0.3, -0.25) is 0 Å². The van der Waals surface area contributed by atoms with Gasteiger partial charge in [0.2, 0.25) is 0 Å². The minimum absolute atomic E-state index is 0.359. The van der Waals surface area contributed by atoms with Crippen LogP contribution in [0.1, 0.15) is 45.0 Å². The number of hydrogen-bond donors (Lipinski definition) is 2. The van der Waals surface area contributed by atoms with E-state index in [0.717, 1.165) is 0 Å². The number of carbonyl (C=O) groups is 1. The molecule has 1 rings (SSSR count). The second kappa shape index (κ2) is 9.23. The first-order chi connectivity index (χ1) is 9.83. The van der Waals surface area contributed by atoms with Crippen LogP contribution in [0.3, 0.4) is 0 Å². The molecule has 0 spiro atoms. The summed E-state index contributed by atoms with van der Waals surface area (Å²) in [7, 11) is 1.63. The van der Waals surface area contributed by atoms with Crippen molar-refractivity contribution in [3.05, 3.63) is 23.8 Å². The molecule has 0 amide bonds. The Morgan fingerprint density at radius 1 is 1.29 bits per heavy atom. The molecular weight excluding hydrogens is 268 g/mol. The molecule has 0 heterocycles. The predicted molar refractivity (Wildman–Crippen MR) is 87.7 cm³/mol. The van der Waals surface area contributed by atoms with Gasteiger partial charge in [0.1, 0.15) is 5.60 Å². The average molecular weight is 296 g/mol. The first kappa shape index (κ1) is 19.2. The van der Waals surface area contributed by atoms with Crippen LogP contribution in [0.5, 0.6) is 0 Å². The van der Waals surface area contributed by atoms with E-state index < -0.39 is 5.60 Å². The van der Waals surface area contributed by atoms with Crippen LogP contribution in [0, 0.1) is 0 Å². The molecule has 0 bridgehead atoms. The summed E-state index contributed by atoms with van der Waals surface area (Å²) < 4.78 is 10.3. The Kier molecular flexibility index (Phi) is 8.47. The summed E-state index contributed by atoms with van der Waals surface area (Å²) >= 11 is 0. The van der Waals surface area contributed by atoms with Crippen LogP contribution < -0.4 is 11.1 Å². The molecule has 5 heteroatoms.